The fourth-order valence-corrected chi connectivity index (χ4v) is 3.98. The molecule has 1 aliphatic heterocycles. The number of amides is 1. The third-order valence-corrected chi connectivity index (χ3v) is 5.72. The van der Waals surface area contributed by atoms with Gasteiger partial charge >= 0.3 is 5.97 Å². The molecule has 30 heavy (non-hydrogen) atoms. The number of para-hydroxylation sites is 1. The third-order valence-electron chi connectivity index (χ3n) is 4.98. The number of carbonyl (C=O) groups is 2. The Morgan fingerprint density at radius 2 is 1.90 bits per heavy atom. The van der Waals surface area contributed by atoms with E-state index >= 15 is 0 Å². The minimum absolute atomic E-state index is 0.0819. The lowest BCUT2D eigenvalue weighted by molar-refractivity contribution is -0.145. The first-order chi connectivity index (χ1) is 14.5. The van der Waals surface area contributed by atoms with E-state index in [0.717, 1.165) is 26.5 Å². The first kappa shape index (κ1) is 20.3. The van der Waals surface area contributed by atoms with Gasteiger partial charge in [-0.3, -0.25) is 4.79 Å². The molecule has 7 nitrogen and oxygen atoms in total. The summed E-state index contributed by atoms with van der Waals surface area (Å²) in [6.07, 6.45) is 2.26. The Kier molecular flexibility index (Phi) is 5.94. The summed E-state index contributed by atoms with van der Waals surface area (Å²) in [6, 6.07) is 10.6. The minimum atomic E-state index is -0.794. The number of ether oxygens (including phenoxy) is 3. The van der Waals surface area contributed by atoms with Gasteiger partial charge in [-0.05, 0) is 29.3 Å². The largest absolute Gasteiger partial charge is 0.486 e. The Labute approximate surface area is 181 Å². The van der Waals surface area contributed by atoms with Gasteiger partial charge in [0, 0.05) is 28.0 Å². The van der Waals surface area contributed by atoms with Gasteiger partial charge in [0.25, 0.3) is 0 Å². The summed E-state index contributed by atoms with van der Waals surface area (Å²) in [5.41, 5.74) is 2.65. The molecular weight excluding hydrogens is 452 g/mol. The second-order valence-electron chi connectivity index (χ2n) is 6.97. The van der Waals surface area contributed by atoms with E-state index in [2.05, 4.69) is 26.2 Å². The molecule has 3 aromatic rings. The summed E-state index contributed by atoms with van der Waals surface area (Å²) in [7, 11) is 1.31. The molecule has 2 N–H and O–H groups in total. The maximum Gasteiger partial charge on any atom is 0.328 e. The molecule has 156 valence electrons. The highest BCUT2D eigenvalue weighted by Crippen LogP contribution is 2.35. The maximum atomic E-state index is 12.7. The maximum absolute atomic E-state index is 12.7. The number of nitrogens with one attached hydrogen (secondary N) is 2. The number of aromatic amines is 1. The van der Waals surface area contributed by atoms with Gasteiger partial charge in [0.2, 0.25) is 5.91 Å². The van der Waals surface area contributed by atoms with Crippen LogP contribution < -0.4 is 14.8 Å². The summed E-state index contributed by atoms with van der Waals surface area (Å²) in [6.45, 7) is 0.962. The van der Waals surface area contributed by atoms with Gasteiger partial charge in [-0.2, -0.15) is 0 Å². The van der Waals surface area contributed by atoms with Crippen molar-refractivity contribution in [1.82, 2.24) is 10.3 Å². The molecule has 8 heteroatoms. The molecule has 0 aliphatic carbocycles. The van der Waals surface area contributed by atoms with Crippen LogP contribution in [0.5, 0.6) is 11.5 Å². The Morgan fingerprint density at radius 1 is 1.17 bits per heavy atom. The molecule has 0 saturated heterocycles. The molecule has 2 aromatic carbocycles. The quantitative estimate of drug-likeness (QED) is 0.537. The molecule has 0 fully saturated rings. The highest BCUT2D eigenvalue weighted by Gasteiger charge is 2.24. The first-order valence-electron chi connectivity index (χ1n) is 9.55. The minimum Gasteiger partial charge on any atom is -0.486 e. The zero-order chi connectivity index (χ0) is 21.1. The van der Waals surface area contributed by atoms with Crippen LogP contribution in [0.4, 0.5) is 0 Å². The van der Waals surface area contributed by atoms with Gasteiger partial charge in [-0.1, -0.05) is 34.1 Å². The number of aromatic nitrogens is 1. The number of hydrogen-bond donors (Lipinski definition) is 2. The second kappa shape index (κ2) is 8.79. The van der Waals surface area contributed by atoms with E-state index in [1.807, 2.05) is 30.5 Å². The molecule has 1 atom stereocenters. The van der Waals surface area contributed by atoms with Crippen molar-refractivity contribution in [1.29, 1.82) is 0 Å². The van der Waals surface area contributed by atoms with Crippen LogP contribution in [0.15, 0.2) is 47.1 Å². The molecule has 0 unspecified atom stereocenters. The predicted molar refractivity (Wildman–Crippen MR) is 115 cm³/mol. The highest BCUT2D eigenvalue weighted by molar-refractivity contribution is 9.10. The second-order valence-corrected chi connectivity index (χ2v) is 7.83. The van der Waals surface area contributed by atoms with Gasteiger partial charge in [0.05, 0.1) is 13.5 Å². The Morgan fingerprint density at radius 3 is 2.67 bits per heavy atom. The fourth-order valence-electron chi connectivity index (χ4n) is 3.52. The zero-order valence-corrected chi connectivity index (χ0v) is 18.0. The van der Waals surface area contributed by atoms with Crippen LogP contribution in [0.25, 0.3) is 10.9 Å². The Hall–Kier alpha value is -3.00. The van der Waals surface area contributed by atoms with Crippen molar-refractivity contribution in [2.24, 2.45) is 0 Å². The van der Waals surface area contributed by atoms with Crippen LogP contribution in [-0.2, 0) is 27.2 Å². The van der Waals surface area contributed by atoms with E-state index in [-0.39, 0.29) is 12.3 Å². The number of esters is 1. The summed E-state index contributed by atoms with van der Waals surface area (Å²) < 4.78 is 16.8. The van der Waals surface area contributed by atoms with Crippen LogP contribution in [0.3, 0.4) is 0 Å². The Balaban J connectivity index is 1.49. The van der Waals surface area contributed by atoms with Crippen LogP contribution in [0.2, 0.25) is 0 Å². The predicted octanol–water partition coefficient (Wildman–Crippen LogP) is 3.14. The van der Waals surface area contributed by atoms with Crippen molar-refractivity contribution >= 4 is 38.7 Å². The van der Waals surface area contributed by atoms with Crippen molar-refractivity contribution in [2.45, 2.75) is 18.9 Å². The van der Waals surface area contributed by atoms with Crippen molar-refractivity contribution in [3.8, 4) is 11.5 Å². The summed E-state index contributed by atoms with van der Waals surface area (Å²) in [4.78, 5) is 28.2. The van der Waals surface area contributed by atoms with E-state index in [1.165, 1.54) is 7.11 Å². The number of carbonyl (C=O) groups excluding carboxylic acids is 2. The molecule has 0 radical (unpaired) electrons. The van der Waals surface area contributed by atoms with Gasteiger partial charge < -0.3 is 24.5 Å². The SMILES string of the molecule is COC(=O)[C@@H](Cc1c[nH]c2ccccc12)NC(=O)Cc1cc2c(cc1Br)OCCO2. The Bertz CT molecular complexity index is 1090. The monoisotopic (exact) mass is 472 g/mol. The zero-order valence-electron chi connectivity index (χ0n) is 16.4. The molecule has 0 bridgehead atoms. The van der Waals surface area contributed by atoms with Crippen molar-refractivity contribution < 1.29 is 23.8 Å². The normalized spacial score (nSPS) is 13.7. The molecule has 1 amide bonds. The van der Waals surface area contributed by atoms with Gasteiger partial charge in [-0.25, -0.2) is 4.79 Å². The summed E-state index contributed by atoms with van der Waals surface area (Å²) in [5, 5.41) is 3.82. The fraction of sp³-hybridized carbons (Fsp3) is 0.273. The first-order valence-corrected chi connectivity index (χ1v) is 10.3. The van der Waals surface area contributed by atoms with E-state index < -0.39 is 12.0 Å². The van der Waals surface area contributed by atoms with Crippen molar-refractivity contribution in [3.63, 3.8) is 0 Å². The smallest absolute Gasteiger partial charge is 0.328 e. The van der Waals surface area contributed by atoms with Gasteiger partial charge in [0.1, 0.15) is 19.3 Å². The van der Waals surface area contributed by atoms with E-state index in [9.17, 15) is 9.59 Å². The number of hydrogen-bond acceptors (Lipinski definition) is 5. The number of halogens is 1. The summed E-state index contributed by atoms with van der Waals surface area (Å²) in [5.74, 6) is 0.470. The average molecular weight is 473 g/mol. The number of methoxy groups -OCH3 is 1. The molecular formula is C22H21BrN2O5. The topological polar surface area (TPSA) is 89.7 Å². The van der Waals surface area contributed by atoms with Crippen LogP contribution in [0.1, 0.15) is 11.1 Å². The molecule has 2 heterocycles. The van der Waals surface area contributed by atoms with Gasteiger partial charge in [-0.15, -0.1) is 0 Å². The van der Waals surface area contributed by atoms with Gasteiger partial charge in [0.15, 0.2) is 11.5 Å². The molecule has 0 saturated carbocycles. The number of rotatable bonds is 6. The molecule has 1 aromatic heterocycles. The van der Waals surface area contributed by atoms with Crippen molar-refractivity contribution in [2.75, 3.05) is 20.3 Å². The summed E-state index contributed by atoms with van der Waals surface area (Å²) >= 11 is 3.48. The van der Waals surface area contributed by atoms with E-state index in [1.54, 1.807) is 12.1 Å². The van der Waals surface area contributed by atoms with Crippen molar-refractivity contribution in [3.05, 3.63) is 58.2 Å². The lowest BCUT2D eigenvalue weighted by atomic mass is 10.0. The number of H-pyrrole nitrogens is 1. The molecule has 0 spiro atoms. The van der Waals surface area contributed by atoms with Crippen LogP contribution >= 0.6 is 15.9 Å². The third kappa shape index (κ3) is 4.28. The van der Waals surface area contributed by atoms with E-state index in [0.29, 0.717) is 31.1 Å². The highest BCUT2D eigenvalue weighted by atomic mass is 79.9. The molecule has 4 rings (SSSR count). The van der Waals surface area contributed by atoms with Crippen LogP contribution in [-0.4, -0.2) is 43.2 Å². The van der Waals surface area contributed by atoms with Crippen LogP contribution in [0, 0.1) is 0 Å². The molecule has 1 aliphatic rings. The lowest BCUT2D eigenvalue weighted by Gasteiger charge is -2.20. The standard InChI is InChI=1S/C22H21BrN2O5/c1-28-22(27)18(8-14-12-24-17-5-3-2-4-15(14)17)25-21(26)10-13-9-19-20(11-16(13)23)30-7-6-29-19/h2-5,9,11-12,18,24H,6-8,10H2,1H3,(H,25,26)/t18-/m1/s1. The average Bonchev–Trinajstić information content (AvgIpc) is 3.16. The number of fused-ring (bicyclic) bond motifs is 2. The van der Waals surface area contributed by atoms with E-state index in [4.69, 9.17) is 14.2 Å². The lowest BCUT2D eigenvalue weighted by Crippen LogP contribution is -2.43. The number of benzene rings is 2.